The number of piperidine rings is 1. The fraction of sp³-hybridized carbons (Fsp3) is 0.455. The molecule has 3 aliphatic heterocycles. The fourth-order valence-electron chi connectivity index (χ4n) is 4.17. The van der Waals surface area contributed by atoms with Gasteiger partial charge < -0.3 is 14.7 Å². The van der Waals surface area contributed by atoms with Crippen LogP contribution in [-0.2, 0) is 0 Å². The Kier molecular flexibility index (Phi) is 6.46. The van der Waals surface area contributed by atoms with Gasteiger partial charge in [0.25, 0.3) is 0 Å². The van der Waals surface area contributed by atoms with Crippen LogP contribution in [0.5, 0.6) is 5.75 Å². The number of hydrogen-bond acceptors (Lipinski definition) is 4. The van der Waals surface area contributed by atoms with Gasteiger partial charge in [-0.3, -0.25) is 0 Å². The zero-order valence-electron chi connectivity index (χ0n) is 15.8. The summed E-state index contributed by atoms with van der Waals surface area (Å²) in [7, 11) is 0. The molecule has 1 aromatic carbocycles. The Balaban J connectivity index is 1.45. The number of benzene rings is 1. The number of ether oxygens (including phenoxy) is 1. The average molecular weight is 422 g/mol. The number of fused-ring (bicyclic) bond motifs is 2. The summed E-state index contributed by atoms with van der Waals surface area (Å²) in [4.78, 5) is 3.56. The van der Waals surface area contributed by atoms with Gasteiger partial charge in [0.2, 0.25) is 0 Å². The number of halogens is 2. The molecule has 0 atom stereocenters. The van der Waals surface area contributed by atoms with E-state index in [0.717, 1.165) is 59.5 Å². The number of thioether (sulfide) groups is 1. The summed E-state index contributed by atoms with van der Waals surface area (Å²) in [5, 5.41) is 9.11. The quantitative estimate of drug-likeness (QED) is 0.656. The van der Waals surface area contributed by atoms with Crippen LogP contribution in [0.4, 0.5) is 4.39 Å². The number of nitrogens with zero attached hydrogens (tertiary/aromatic N) is 1. The van der Waals surface area contributed by atoms with Gasteiger partial charge in [-0.1, -0.05) is 23.4 Å². The lowest BCUT2D eigenvalue weighted by Gasteiger charge is -2.32. The first-order valence-electron chi connectivity index (χ1n) is 9.94. The third kappa shape index (κ3) is 4.48. The molecule has 1 N–H and O–H groups in total. The molecular weight excluding hydrogens is 397 g/mol. The number of hydrogen-bond donors (Lipinski definition) is 1. The van der Waals surface area contributed by atoms with Crippen LogP contribution in [0, 0.1) is 11.7 Å². The van der Waals surface area contributed by atoms with Crippen LogP contribution in [0.15, 0.2) is 45.4 Å². The highest BCUT2D eigenvalue weighted by atomic mass is 35.5. The average Bonchev–Trinajstić information content (AvgIpc) is 2.69. The Hall–Kier alpha value is -1.27. The van der Waals surface area contributed by atoms with Gasteiger partial charge in [0.1, 0.15) is 17.3 Å². The van der Waals surface area contributed by atoms with E-state index in [1.807, 2.05) is 18.2 Å². The molecule has 28 heavy (non-hydrogen) atoms. The van der Waals surface area contributed by atoms with Crippen molar-refractivity contribution >= 4 is 28.9 Å². The summed E-state index contributed by atoms with van der Waals surface area (Å²) in [6, 6.07) is 4.77. The molecule has 3 heterocycles. The van der Waals surface area contributed by atoms with Gasteiger partial charge in [0.15, 0.2) is 0 Å². The summed E-state index contributed by atoms with van der Waals surface area (Å²) in [6.45, 7) is 3.56. The van der Waals surface area contributed by atoms with Gasteiger partial charge >= 0.3 is 0 Å². The Bertz CT molecular complexity index is 828. The number of aliphatic hydroxyl groups excluding tert-OH is 1. The Morgan fingerprint density at radius 1 is 1.25 bits per heavy atom. The van der Waals surface area contributed by atoms with Gasteiger partial charge in [-0.2, -0.15) is 0 Å². The van der Waals surface area contributed by atoms with E-state index in [2.05, 4.69) is 4.90 Å². The highest BCUT2D eigenvalue weighted by Gasteiger charge is 2.27. The summed E-state index contributed by atoms with van der Waals surface area (Å²) >= 11 is 7.77. The summed E-state index contributed by atoms with van der Waals surface area (Å²) in [5.74, 6) is 1.72. The standard InChI is InChI=1S/C22H25ClFNO2S/c23-21-6-5-19-22(28-21)18(17-4-3-16(24)14-20(17)27-19)2-1-10-25-11-7-15(8-12-25)9-13-26/h3-6,14-15,26H,1-2,7-13H2. The van der Waals surface area contributed by atoms with Crippen LogP contribution in [0.1, 0.15) is 37.7 Å². The lowest BCUT2D eigenvalue weighted by atomic mass is 9.93. The Labute approximate surface area is 174 Å². The van der Waals surface area contributed by atoms with Gasteiger partial charge in [0.05, 0.1) is 9.27 Å². The minimum Gasteiger partial charge on any atom is -0.455 e. The van der Waals surface area contributed by atoms with Crippen molar-refractivity contribution in [1.29, 1.82) is 0 Å². The topological polar surface area (TPSA) is 32.7 Å². The first kappa shape index (κ1) is 20.0. The molecule has 1 aromatic rings. The van der Waals surface area contributed by atoms with Crippen molar-refractivity contribution in [3.05, 3.63) is 56.8 Å². The third-order valence-electron chi connectivity index (χ3n) is 5.70. The third-order valence-corrected chi connectivity index (χ3v) is 7.04. The van der Waals surface area contributed by atoms with Crippen LogP contribution < -0.4 is 4.74 Å². The van der Waals surface area contributed by atoms with E-state index in [1.54, 1.807) is 0 Å². The highest BCUT2D eigenvalue weighted by Crippen LogP contribution is 2.49. The molecule has 3 aliphatic rings. The smallest absolute Gasteiger partial charge is 0.141 e. The maximum Gasteiger partial charge on any atom is 0.141 e. The normalized spacial score (nSPS) is 20.2. The Morgan fingerprint density at radius 2 is 2.07 bits per heavy atom. The first-order valence-corrected chi connectivity index (χ1v) is 11.1. The number of rotatable bonds is 6. The fourth-order valence-corrected chi connectivity index (χ4v) is 5.34. The Morgan fingerprint density at radius 3 is 2.86 bits per heavy atom. The highest BCUT2D eigenvalue weighted by molar-refractivity contribution is 8.08. The van der Waals surface area contributed by atoms with Crippen molar-refractivity contribution in [1.82, 2.24) is 4.90 Å². The molecule has 0 amide bonds. The van der Waals surface area contributed by atoms with E-state index in [-0.39, 0.29) is 5.82 Å². The van der Waals surface area contributed by atoms with Crippen LogP contribution in [0.2, 0.25) is 0 Å². The molecule has 0 bridgehead atoms. The molecule has 0 aromatic heterocycles. The number of allylic oxidation sites excluding steroid dienone is 3. The van der Waals surface area contributed by atoms with E-state index in [9.17, 15) is 4.39 Å². The van der Waals surface area contributed by atoms with Crippen LogP contribution in [-0.4, -0.2) is 36.2 Å². The molecule has 0 spiro atoms. The number of likely N-dealkylation sites (tertiary alicyclic amines) is 1. The van der Waals surface area contributed by atoms with E-state index in [4.69, 9.17) is 21.4 Å². The van der Waals surface area contributed by atoms with Crippen LogP contribution >= 0.6 is 23.4 Å². The monoisotopic (exact) mass is 421 g/mol. The van der Waals surface area contributed by atoms with Gasteiger partial charge in [-0.25, -0.2) is 4.39 Å². The summed E-state index contributed by atoms with van der Waals surface area (Å²) < 4.78 is 20.4. The van der Waals surface area contributed by atoms with E-state index in [0.29, 0.717) is 18.3 Å². The van der Waals surface area contributed by atoms with Crippen LogP contribution in [0.3, 0.4) is 0 Å². The van der Waals surface area contributed by atoms with Gasteiger partial charge in [-0.15, -0.1) is 0 Å². The molecular formula is C22H25ClFNO2S. The molecule has 1 fully saturated rings. The maximum absolute atomic E-state index is 13.7. The molecule has 0 radical (unpaired) electrons. The van der Waals surface area contributed by atoms with Crippen molar-refractivity contribution in [3.63, 3.8) is 0 Å². The second kappa shape index (κ2) is 9.04. The minimum atomic E-state index is -0.287. The second-order valence-electron chi connectivity index (χ2n) is 7.55. The molecule has 0 aliphatic carbocycles. The van der Waals surface area contributed by atoms with Crippen molar-refractivity contribution < 1.29 is 14.2 Å². The molecule has 4 rings (SSSR count). The van der Waals surface area contributed by atoms with E-state index in [1.165, 1.54) is 42.3 Å². The van der Waals surface area contributed by atoms with Crippen molar-refractivity contribution in [2.24, 2.45) is 5.92 Å². The van der Waals surface area contributed by atoms with E-state index < -0.39 is 0 Å². The second-order valence-corrected chi connectivity index (χ2v) is 9.24. The maximum atomic E-state index is 13.7. The van der Waals surface area contributed by atoms with Crippen molar-refractivity contribution in [2.45, 2.75) is 32.1 Å². The molecule has 1 saturated heterocycles. The zero-order valence-corrected chi connectivity index (χ0v) is 17.4. The largest absolute Gasteiger partial charge is 0.455 e. The number of aliphatic hydroxyl groups is 1. The lowest BCUT2D eigenvalue weighted by molar-refractivity contribution is 0.158. The lowest BCUT2D eigenvalue weighted by Crippen LogP contribution is -2.34. The molecule has 3 nitrogen and oxygen atoms in total. The minimum absolute atomic E-state index is 0.287. The SMILES string of the molecule is OCCC1CCN(CCCC2=C3SC(Cl)=CC=C3Oc3cc(F)ccc32)CC1. The van der Waals surface area contributed by atoms with Gasteiger partial charge in [-0.05, 0) is 87.5 Å². The van der Waals surface area contributed by atoms with E-state index >= 15 is 0 Å². The molecule has 150 valence electrons. The van der Waals surface area contributed by atoms with Crippen molar-refractivity contribution in [2.75, 3.05) is 26.2 Å². The van der Waals surface area contributed by atoms with Crippen molar-refractivity contribution in [3.8, 4) is 5.75 Å². The summed E-state index contributed by atoms with van der Waals surface area (Å²) in [6.07, 6.45) is 8.91. The van der Waals surface area contributed by atoms with Crippen LogP contribution in [0.25, 0.3) is 5.57 Å². The first-order chi connectivity index (χ1) is 13.6. The molecule has 0 saturated carbocycles. The molecule has 6 heteroatoms. The summed E-state index contributed by atoms with van der Waals surface area (Å²) in [5.41, 5.74) is 2.16. The predicted octanol–water partition coefficient (Wildman–Crippen LogP) is 5.51. The molecule has 0 unspecified atom stereocenters. The van der Waals surface area contributed by atoms with Gasteiger partial charge in [0, 0.05) is 18.2 Å². The predicted molar refractivity (Wildman–Crippen MR) is 114 cm³/mol. The zero-order chi connectivity index (χ0) is 19.5.